The maximum absolute atomic E-state index is 12.3. The van der Waals surface area contributed by atoms with E-state index in [2.05, 4.69) is 16.4 Å². The number of ether oxygens (including phenoxy) is 1. The fraction of sp³-hybridized carbons (Fsp3) is 0.222. The summed E-state index contributed by atoms with van der Waals surface area (Å²) in [5.74, 6) is 0.564. The minimum Gasteiger partial charge on any atom is -0.439 e. The van der Waals surface area contributed by atoms with E-state index in [1.54, 1.807) is 44.2 Å². The lowest BCUT2D eigenvalue weighted by molar-refractivity contribution is -0.121. The van der Waals surface area contributed by atoms with Crippen LogP contribution in [0.3, 0.4) is 0 Å². The molecule has 1 saturated heterocycles. The lowest BCUT2D eigenvalue weighted by Gasteiger charge is -2.16. The maximum Gasteiger partial charge on any atom is 0.329 e. The molecular formula is C18H16N4O3. The topological polar surface area (TPSA) is 95.3 Å². The van der Waals surface area contributed by atoms with Gasteiger partial charge in [-0.3, -0.25) is 4.79 Å². The standard InChI is InChI=1S/C18H16N4O3/c1-11-8-12(9-19)4-6-14(11)25-15-7-5-13(10-20-15)22-16(23)18(2,3)21-17(22)24/h4-8,10H,1-3H3,(H,21,24). The average molecular weight is 336 g/mol. The van der Waals surface area contributed by atoms with Gasteiger partial charge in [0.2, 0.25) is 5.88 Å². The van der Waals surface area contributed by atoms with Gasteiger partial charge in [-0.05, 0) is 50.6 Å². The molecule has 0 saturated carbocycles. The molecule has 3 amide bonds. The lowest BCUT2D eigenvalue weighted by Crippen LogP contribution is -2.40. The quantitative estimate of drug-likeness (QED) is 0.870. The second kappa shape index (κ2) is 5.91. The summed E-state index contributed by atoms with van der Waals surface area (Å²) < 4.78 is 5.70. The highest BCUT2D eigenvalue weighted by molar-refractivity contribution is 6.22. The average Bonchev–Trinajstić information content (AvgIpc) is 2.78. The Hall–Kier alpha value is -3.40. The van der Waals surface area contributed by atoms with Crippen molar-refractivity contribution in [3.63, 3.8) is 0 Å². The van der Waals surface area contributed by atoms with E-state index < -0.39 is 11.6 Å². The Labute approximate surface area is 144 Å². The van der Waals surface area contributed by atoms with Gasteiger partial charge in [-0.1, -0.05) is 0 Å². The number of hydrogen-bond acceptors (Lipinski definition) is 5. The second-order valence-electron chi connectivity index (χ2n) is 6.24. The van der Waals surface area contributed by atoms with Crippen LogP contribution in [0.5, 0.6) is 11.6 Å². The number of benzene rings is 1. The van der Waals surface area contributed by atoms with Crippen molar-refractivity contribution in [3.05, 3.63) is 47.7 Å². The molecule has 0 unspecified atom stereocenters. The predicted octanol–water partition coefficient (Wildman–Crippen LogP) is 2.89. The Bertz CT molecular complexity index is 898. The molecule has 126 valence electrons. The number of carbonyl (C=O) groups excluding carboxylic acids is 2. The first-order valence-corrected chi connectivity index (χ1v) is 7.63. The first-order valence-electron chi connectivity index (χ1n) is 7.63. The summed E-state index contributed by atoms with van der Waals surface area (Å²) in [6.07, 6.45) is 1.41. The van der Waals surface area contributed by atoms with Crippen LogP contribution in [-0.2, 0) is 4.79 Å². The van der Waals surface area contributed by atoms with Crippen LogP contribution in [0.15, 0.2) is 36.5 Å². The van der Waals surface area contributed by atoms with Crippen molar-refractivity contribution >= 4 is 17.6 Å². The van der Waals surface area contributed by atoms with Crippen molar-refractivity contribution in [3.8, 4) is 17.7 Å². The van der Waals surface area contributed by atoms with Crippen molar-refractivity contribution in [2.45, 2.75) is 26.3 Å². The van der Waals surface area contributed by atoms with E-state index in [1.165, 1.54) is 6.20 Å². The van der Waals surface area contributed by atoms with Crippen molar-refractivity contribution < 1.29 is 14.3 Å². The number of carbonyl (C=O) groups is 2. The lowest BCUT2D eigenvalue weighted by atomic mass is 10.1. The molecule has 0 atom stereocenters. The molecule has 7 nitrogen and oxygen atoms in total. The monoisotopic (exact) mass is 336 g/mol. The van der Waals surface area contributed by atoms with Gasteiger partial charge in [0.25, 0.3) is 5.91 Å². The van der Waals surface area contributed by atoms with Crippen LogP contribution in [0.1, 0.15) is 25.0 Å². The Morgan fingerprint density at radius 3 is 2.52 bits per heavy atom. The molecule has 1 aliphatic rings. The first-order chi connectivity index (χ1) is 11.8. The molecule has 1 fully saturated rings. The Kier molecular flexibility index (Phi) is 3.89. The molecule has 0 aliphatic carbocycles. The summed E-state index contributed by atoms with van der Waals surface area (Å²) in [6.45, 7) is 5.12. The summed E-state index contributed by atoms with van der Waals surface area (Å²) in [7, 11) is 0. The summed E-state index contributed by atoms with van der Waals surface area (Å²) in [4.78, 5) is 29.5. The Morgan fingerprint density at radius 2 is 2.00 bits per heavy atom. The predicted molar refractivity (Wildman–Crippen MR) is 90.3 cm³/mol. The van der Waals surface area contributed by atoms with E-state index in [4.69, 9.17) is 10.00 Å². The van der Waals surface area contributed by atoms with Crippen LogP contribution in [0.2, 0.25) is 0 Å². The van der Waals surface area contributed by atoms with E-state index in [9.17, 15) is 9.59 Å². The van der Waals surface area contributed by atoms with Crippen molar-refractivity contribution in [1.82, 2.24) is 10.3 Å². The van der Waals surface area contributed by atoms with Gasteiger partial charge >= 0.3 is 6.03 Å². The zero-order valence-electron chi connectivity index (χ0n) is 14.0. The third-order valence-electron chi connectivity index (χ3n) is 3.86. The molecule has 1 aromatic carbocycles. The Morgan fingerprint density at radius 1 is 1.24 bits per heavy atom. The minimum atomic E-state index is -0.939. The zero-order valence-corrected chi connectivity index (χ0v) is 14.0. The number of hydrogen-bond donors (Lipinski definition) is 1. The molecule has 1 aliphatic heterocycles. The maximum atomic E-state index is 12.3. The first kappa shape index (κ1) is 16.5. The zero-order chi connectivity index (χ0) is 18.2. The molecule has 0 spiro atoms. The van der Waals surface area contributed by atoms with Crippen LogP contribution < -0.4 is 15.0 Å². The number of aryl methyl sites for hydroxylation is 1. The van der Waals surface area contributed by atoms with E-state index in [0.717, 1.165) is 10.5 Å². The highest BCUT2D eigenvalue weighted by atomic mass is 16.5. The minimum absolute atomic E-state index is 0.322. The number of anilines is 1. The molecule has 2 aromatic rings. The normalized spacial score (nSPS) is 15.7. The van der Waals surface area contributed by atoms with Gasteiger partial charge in [0, 0.05) is 6.07 Å². The number of nitrogens with zero attached hydrogens (tertiary/aromatic N) is 3. The largest absolute Gasteiger partial charge is 0.439 e. The number of imide groups is 1. The number of urea groups is 1. The number of nitriles is 1. The third-order valence-corrected chi connectivity index (χ3v) is 3.86. The van der Waals surface area contributed by atoms with E-state index in [-0.39, 0.29) is 5.91 Å². The highest BCUT2D eigenvalue weighted by Gasteiger charge is 2.45. The van der Waals surface area contributed by atoms with Crippen LogP contribution >= 0.6 is 0 Å². The number of aromatic nitrogens is 1. The van der Waals surface area contributed by atoms with Gasteiger partial charge < -0.3 is 10.1 Å². The summed E-state index contributed by atoms with van der Waals surface area (Å²) in [5, 5.41) is 11.5. The molecule has 0 radical (unpaired) electrons. The summed E-state index contributed by atoms with van der Waals surface area (Å²) in [6, 6.07) is 9.85. The molecule has 0 bridgehead atoms. The SMILES string of the molecule is Cc1cc(C#N)ccc1Oc1ccc(N2C(=O)NC(C)(C)C2=O)cn1. The fourth-order valence-electron chi connectivity index (χ4n) is 2.49. The van der Waals surface area contributed by atoms with Crippen LogP contribution in [0.4, 0.5) is 10.5 Å². The number of pyridine rings is 1. The summed E-state index contributed by atoms with van der Waals surface area (Å²) >= 11 is 0. The number of amides is 3. The van der Waals surface area contributed by atoms with Crippen LogP contribution in [0, 0.1) is 18.3 Å². The molecule has 7 heteroatoms. The number of nitrogens with one attached hydrogen (secondary N) is 1. The molecule has 2 heterocycles. The van der Waals surface area contributed by atoms with Gasteiger partial charge in [-0.15, -0.1) is 0 Å². The van der Waals surface area contributed by atoms with Gasteiger partial charge in [-0.25, -0.2) is 14.7 Å². The third kappa shape index (κ3) is 3.02. The molecule has 1 aromatic heterocycles. The van der Waals surface area contributed by atoms with Gasteiger partial charge in [0.15, 0.2) is 0 Å². The highest BCUT2D eigenvalue weighted by Crippen LogP contribution is 2.28. The van der Waals surface area contributed by atoms with Crippen LogP contribution in [-0.4, -0.2) is 22.5 Å². The van der Waals surface area contributed by atoms with Gasteiger partial charge in [0.05, 0.1) is 23.5 Å². The summed E-state index contributed by atoms with van der Waals surface area (Å²) in [5.41, 5.74) is 0.790. The van der Waals surface area contributed by atoms with Crippen molar-refractivity contribution in [2.24, 2.45) is 0 Å². The van der Waals surface area contributed by atoms with Crippen molar-refractivity contribution in [2.75, 3.05) is 4.90 Å². The van der Waals surface area contributed by atoms with E-state index in [1.807, 2.05) is 6.92 Å². The number of rotatable bonds is 3. The molecular weight excluding hydrogens is 320 g/mol. The van der Waals surface area contributed by atoms with Crippen molar-refractivity contribution in [1.29, 1.82) is 5.26 Å². The Balaban J connectivity index is 1.81. The fourth-order valence-corrected chi connectivity index (χ4v) is 2.49. The second-order valence-corrected chi connectivity index (χ2v) is 6.24. The van der Waals surface area contributed by atoms with Gasteiger partial charge in [0.1, 0.15) is 11.3 Å². The van der Waals surface area contributed by atoms with E-state index in [0.29, 0.717) is 22.9 Å². The molecule has 25 heavy (non-hydrogen) atoms. The smallest absolute Gasteiger partial charge is 0.329 e. The van der Waals surface area contributed by atoms with Gasteiger partial charge in [-0.2, -0.15) is 5.26 Å². The van der Waals surface area contributed by atoms with Crippen LogP contribution in [0.25, 0.3) is 0 Å². The van der Waals surface area contributed by atoms with E-state index >= 15 is 0 Å². The molecule has 1 N–H and O–H groups in total. The molecule has 3 rings (SSSR count).